The fourth-order valence-corrected chi connectivity index (χ4v) is 1.68. The van der Waals surface area contributed by atoms with Gasteiger partial charge < -0.3 is 11.1 Å². The average Bonchev–Trinajstić information content (AvgIpc) is 2.36. The lowest BCUT2D eigenvalue weighted by atomic mass is 10.2. The number of nitro benzene ring substituents is 1. The molecule has 0 saturated carbocycles. The molecule has 3 N–H and O–H groups in total. The molecule has 19 heavy (non-hydrogen) atoms. The molecule has 2 rings (SSSR count). The second-order valence-corrected chi connectivity index (χ2v) is 4.19. The van der Waals surface area contributed by atoms with E-state index >= 15 is 0 Å². The lowest BCUT2D eigenvalue weighted by Gasteiger charge is -2.10. The van der Waals surface area contributed by atoms with Gasteiger partial charge in [-0.1, -0.05) is 11.6 Å². The number of hydrogen-bond acceptors (Lipinski definition) is 4. The van der Waals surface area contributed by atoms with Crippen LogP contribution in [0.1, 0.15) is 0 Å². The molecule has 0 radical (unpaired) electrons. The molecule has 0 aliphatic carbocycles. The fourth-order valence-electron chi connectivity index (χ4n) is 1.52. The van der Waals surface area contributed by atoms with E-state index in [1.54, 1.807) is 0 Å². The summed E-state index contributed by atoms with van der Waals surface area (Å²) in [4.78, 5) is 10.0. The van der Waals surface area contributed by atoms with Gasteiger partial charge in [0.05, 0.1) is 27.0 Å². The third-order valence-electron chi connectivity index (χ3n) is 2.44. The Morgan fingerprint density at radius 3 is 2.58 bits per heavy atom. The van der Waals surface area contributed by atoms with Crippen LogP contribution in [0.5, 0.6) is 0 Å². The van der Waals surface area contributed by atoms with Crippen LogP contribution < -0.4 is 11.1 Å². The number of hydrogen-bond donors (Lipinski definition) is 2. The van der Waals surface area contributed by atoms with E-state index in [0.717, 1.165) is 0 Å². The Bertz CT molecular complexity index is 649. The van der Waals surface area contributed by atoms with Crippen molar-refractivity contribution in [3.8, 4) is 0 Å². The van der Waals surface area contributed by atoms with Gasteiger partial charge in [0, 0.05) is 12.1 Å². The van der Waals surface area contributed by atoms with Gasteiger partial charge in [0.1, 0.15) is 5.82 Å². The van der Waals surface area contributed by atoms with Crippen LogP contribution in [0.4, 0.5) is 27.1 Å². The Balaban J connectivity index is 2.33. The van der Waals surface area contributed by atoms with Crippen molar-refractivity contribution < 1.29 is 9.31 Å². The minimum absolute atomic E-state index is 0.117. The summed E-state index contributed by atoms with van der Waals surface area (Å²) in [6.45, 7) is 0. The van der Waals surface area contributed by atoms with Crippen LogP contribution in [0.15, 0.2) is 36.4 Å². The van der Waals surface area contributed by atoms with E-state index in [9.17, 15) is 14.5 Å². The first-order valence-corrected chi connectivity index (χ1v) is 5.61. The summed E-state index contributed by atoms with van der Waals surface area (Å²) in [6.07, 6.45) is 0. The highest BCUT2D eigenvalue weighted by atomic mass is 35.5. The van der Waals surface area contributed by atoms with E-state index in [1.165, 1.54) is 36.4 Å². The zero-order valence-corrected chi connectivity index (χ0v) is 10.3. The molecule has 0 fully saturated rings. The molecular weight excluding hydrogens is 273 g/mol. The maximum atomic E-state index is 13.1. The summed E-state index contributed by atoms with van der Waals surface area (Å²) < 4.78 is 13.1. The molecule has 2 aromatic rings. The molecule has 0 aliphatic rings. The number of nitrogens with two attached hydrogens (primary N) is 1. The first-order chi connectivity index (χ1) is 8.97. The molecule has 0 spiro atoms. The molecule has 0 aromatic heterocycles. The Hall–Kier alpha value is -2.34. The van der Waals surface area contributed by atoms with Gasteiger partial charge in [0.25, 0.3) is 5.69 Å². The SMILES string of the molecule is Nc1cc([N+](=O)[O-])ccc1Nc1cc(F)ccc1Cl. The van der Waals surface area contributed by atoms with E-state index in [1.807, 2.05) is 0 Å². The number of non-ortho nitro benzene ring substituents is 1. The largest absolute Gasteiger partial charge is 0.397 e. The van der Waals surface area contributed by atoms with Crippen LogP contribution >= 0.6 is 11.6 Å². The van der Waals surface area contributed by atoms with Crippen molar-refractivity contribution in [1.82, 2.24) is 0 Å². The molecule has 0 amide bonds. The van der Waals surface area contributed by atoms with Crippen LogP contribution in [0.25, 0.3) is 0 Å². The molecule has 0 bridgehead atoms. The van der Waals surface area contributed by atoms with Crippen LogP contribution in [0, 0.1) is 15.9 Å². The third kappa shape index (κ3) is 2.92. The van der Waals surface area contributed by atoms with Crippen molar-refractivity contribution in [3.05, 3.63) is 57.4 Å². The summed E-state index contributed by atoms with van der Waals surface area (Å²) in [5.74, 6) is -0.451. The number of nitrogens with zero attached hydrogens (tertiary/aromatic N) is 1. The monoisotopic (exact) mass is 281 g/mol. The molecule has 2 aromatic carbocycles. The first kappa shape index (κ1) is 13.1. The van der Waals surface area contributed by atoms with E-state index in [4.69, 9.17) is 17.3 Å². The van der Waals surface area contributed by atoms with Gasteiger partial charge in [-0.2, -0.15) is 0 Å². The quantitative estimate of drug-likeness (QED) is 0.510. The summed E-state index contributed by atoms with van der Waals surface area (Å²) in [7, 11) is 0. The zero-order valence-electron chi connectivity index (χ0n) is 9.56. The van der Waals surface area contributed by atoms with Crippen molar-refractivity contribution in [2.45, 2.75) is 0 Å². The van der Waals surface area contributed by atoms with Gasteiger partial charge in [-0.3, -0.25) is 10.1 Å². The molecule has 0 atom stereocenters. The summed E-state index contributed by atoms with van der Waals surface area (Å²) in [6, 6.07) is 7.80. The van der Waals surface area contributed by atoms with Gasteiger partial charge >= 0.3 is 0 Å². The molecule has 0 aliphatic heterocycles. The van der Waals surface area contributed by atoms with Crippen molar-refractivity contribution in [2.24, 2.45) is 0 Å². The van der Waals surface area contributed by atoms with Crippen LogP contribution in [0.3, 0.4) is 0 Å². The molecule has 7 heteroatoms. The Morgan fingerprint density at radius 2 is 1.95 bits per heavy atom. The number of nitrogen functional groups attached to an aromatic ring is 1. The van der Waals surface area contributed by atoms with Gasteiger partial charge in [-0.05, 0) is 24.3 Å². The second kappa shape index (κ2) is 5.11. The van der Waals surface area contributed by atoms with E-state index in [-0.39, 0.29) is 11.4 Å². The topological polar surface area (TPSA) is 81.2 Å². The highest BCUT2D eigenvalue weighted by Crippen LogP contribution is 2.30. The van der Waals surface area contributed by atoms with E-state index in [0.29, 0.717) is 16.4 Å². The summed E-state index contributed by atoms with van der Waals surface area (Å²) >= 11 is 5.90. The minimum Gasteiger partial charge on any atom is -0.397 e. The van der Waals surface area contributed by atoms with Gasteiger partial charge in [-0.15, -0.1) is 0 Å². The number of benzene rings is 2. The Kier molecular flexibility index (Phi) is 3.52. The van der Waals surface area contributed by atoms with Crippen molar-refractivity contribution in [2.75, 3.05) is 11.1 Å². The third-order valence-corrected chi connectivity index (χ3v) is 2.77. The predicted octanol–water partition coefficient (Wildman–Crippen LogP) is 3.71. The summed E-state index contributed by atoms with van der Waals surface area (Å²) in [5, 5.41) is 13.7. The number of anilines is 3. The zero-order chi connectivity index (χ0) is 14.0. The first-order valence-electron chi connectivity index (χ1n) is 5.23. The van der Waals surface area contributed by atoms with Gasteiger partial charge in [-0.25, -0.2) is 4.39 Å². The lowest BCUT2D eigenvalue weighted by Crippen LogP contribution is -1.98. The van der Waals surface area contributed by atoms with E-state index < -0.39 is 10.7 Å². The standard InChI is InChI=1S/C12H9ClFN3O2/c13-9-3-1-7(14)5-12(9)16-11-4-2-8(17(18)19)6-10(11)15/h1-6,16H,15H2. The molecular formula is C12H9ClFN3O2. The molecule has 98 valence electrons. The maximum Gasteiger partial charge on any atom is 0.271 e. The molecule has 0 unspecified atom stereocenters. The Morgan fingerprint density at radius 1 is 1.21 bits per heavy atom. The number of nitrogens with one attached hydrogen (secondary N) is 1. The lowest BCUT2D eigenvalue weighted by molar-refractivity contribution is -0.384. The number of halogens is 2. The van der Waals surface area contributed by atoms with Crippen LogP contribution in [0.2, 0.25) is 5.02 Å². The van der Waals surface area contributed by atoms with Crippen molar-refractivity contribution in [3.63, 3.8) is 0 Å². The maximum absolute atomic E-state index is 13.1. The van der Waals surface area contributed by atoms with Gasteiger partial charge in [0.2, 0.25) is 0 Å². The van der Waals surface area contributed by atoms with Crippen LogP contribution in [-0.2, 0) is 0 Å². The highest BCUT2D eigenvalue weighted by molar-refractivity contribution is 6.33. The molecule has 0 saturated heterocycles. The summed E-state index contributed by atoms with van der Waals surface area (Å²) in [5.41, 5.74) is 6.50. The minimum atomic E-state index is -0.546. The second-order valence-electron chi connectivity index (χ2n) is 3.78. The number of rotatable bonds is 3. The van der Waals surface area contributed by atoms with Crippen LogP contribution in [-0.4, -0.2) is 4.92 Å². The average molecular weight is 282 g/mol. The Labute approximate surface area is 113 Å². The van der Waals surface area contributed by atoms with Crippen molar-refractivity contribution in [1.29, 1.82) is 0 Å². The molecule has 0 heterocycles. The molecule has 5 nitrogen and oxygen atoms in total. The van der Waals surface area contributed by atoms with Gasteiger partial charge in [0.15, 0.2) is 0 Å². The predicted molar refractivity (Wildman–Crippen MR) is 72.2 cm³/mol. The highest BCUT2D eigenvalue weighted by Gasteiger charge is 2.10. The normalized spacial score (nSPS) is 10.2. The fraction of sp³-hybridized carbons (Fsp3) is 0. The van der Waals surface area contributed by atoms with Crippen molar-refractivity contribution >= 4 is 34.4 Å². The van der Waals surface area contributed by atoms with E-state index in [2.05, 4.69) is 5.32 Å². The smallest absolute Gasteiger partial charge is 0.271 e. The number of nitro groups is 1.